The van der Waals surface area contributed by atoms with Crippen LogP contribution in [0.15, 0.2) is 48.7 Å². The number of anilines is 1. The molecule has 2 saturated heterocycles. The number of likely N-dealkylation sites (tertiary alicyclic amines) is 1. The summed E-state index contributed by atoms with van der Waals surface area (Å²) in [4.78, 5) is 6.49. The number of hydrogen-bond donors (Lipinski definition) is 2. The predicted molar refractivity (Wildman–Crippen MR) is 101 cm³/mol. The smallest absolute Gasteiger partial charge is 0.123 e. The summed E-state index contributed by atoms with van der Waals surface area (Å²) in [5.41, 5.74) is 7.94. The highest BCUT2D eigenvalue weighted by molar-refractivity contribution is 5.31. The zero-order valence-corrected chi connectivity index (χ0v) is 15.1. The third-order valence-corrected chi connectivity index (χ3v) is 5.68. The highest BCUT2D eigenvalue weighted by Crippen LogP contribution is 2.43. The molecule has 3 heterocycles. The number of ether oxygens (including phenoxy) is 1. The standard InChI is InChI=1S/C21H27N3O2/c22-20-12-16(6-9-23-20)15-24-10-7-21(8-11-24)14-18(25)13-19(26-21)17-4-2-1-3-5-17/h1-6,9,12,18-19,25H,7-8,10-11,13-15H2,(H2,22,23)/t18-,19-/m1/s1. The third-order valence-electron chi connectivity index (χ3n) is 5.68. The first kappa shape index (κ1) is 17.5. The van der Waals surface area contributed by atoms with Gasteiger partial charge in [-0.3, -0.25) is 4.90 Å². The Bertz CT molecular complexity index is 729. The van der Waals surface area contributed by atoms with E-state index in [1.807, 2.05) is 30.3 Å². The Morgan fingerprint density at radius 1 is 1.19 bits per heavy atom. The van der Waals surface area contributed by atoms with Gasteiger partial charge in [-0.1, -0.05) is 30.3 Å². The predicted octanol–water partition coefficient (Wildman–Crippen LogP) is 2.91. The van der Waals surface area contributed by atoms with E-state index in [4.69, 9.17) is 10.5 Å². The van der Waals surface area contributed by atoms with Crippen LogP contribution >= 0.6 is 0 Å². The fraction of sp³-hybridized carbons (Fsp3) is 0.476. The first-order valence-electron chi connectivity index (χ1n) is 9.45. The van der Waals surface area contributed by atoms with E-state index in [9.17, 15) is 5.11 Å². The summed E-state index contributed by atoms with van der Waals surface area (Å²) in [5.74, 6) is 0.570. The normalized spacial score (nSPS) is 26.0. The molecular formula is C21H27N3O2. The summed E-state index contributed by atoms with van der Waals surface area (Å²) < 4.78 is 6.57. The van der Waals surface area contributed by atoms with Gasteiger partial charge in [0.2, 0.25) is 0 Å². The maximum absolute atomic E-state index is 10.5. The maximum atomic E-state index is 10.5. The first-order valence-corrected chi connectivity index (χ1v) is 9.45. The Labute approximate surface area is 154 Å². The molecule has 2 aliphatic rings. The van der Waals surface area contributed by atoms with Crippen LogP contribution in [0.5, 0.6) is 0 Å². The summed E-state index contributed by atoms with van der Waals surface area (Å²) in [6, 6.07) is 14.2. The minimum absolute atomic E-state index is 0.00787. The number of hydrogen-bond acceptors (Lipinski definition) is 5. The summed E-state index contributed by atoms with van der Waals surface area (Å²) >= 11 is 0. The van der Waals surface area contributed by atoms with Gasteiger partial charge in [-0.15, -0.1) is 0 Å². The van der Waals surface area contributed by atoms with Crippen molar-refractivity contribution in [1.82, 2.24) is 9.88 Å². The van der Waals surface area contributed by atoms with E-state index < -0.39 is 0 Å². The van der Waals surface area contributed by atoms with Gasteiger partial charge in [0, 0.05) is 38.7 Å². The number of nitrogens with zero attached hydrogens (tertiary/aromatic N) is 2. The third kappa shape index (κ3) is 3.90. The Kier molecular flexibility index (Phi) is 4.94. The van der Waals surface area contributed by atoms with Crippen molar-refractivity contribution in [3.63, 3.8) is 0 Å². The fourth-order valence-corrected chi connectivity index (χ4v) is 4.32. The molecule has 2 atom stereocenters. The highest BCUT2D eigenvalue weighted by Gasteiger charge is 2.43. The zero-order valence-electron chi connectivity index (χ0n) is 15.1. The SMILES string of the molecule is Nc1cc(CN2CCC3(CC2)C[C@H](O)C[C@H](c2ccccc2)O3)ccn1. The van der Waals surface area contributed by atoms with Crippen molar-refractivity contribution in [2.45, 2.75) is 50.0 Å². The highest BCUT2D eigenvalue weighted by atomic mass is 16.5. The van der Waals surface area contributed by atoms with Crippen LogP contribution in [-0.2, 0) is 11.3 Å². The van der Waals surface area contributed by atoms with Gasteiger partial charge in [-0.05, 0) is 36.1 Å². The summed E-state index contributed by atoms with van der Waals surface area (Å²) in [7, 11) is 0. The second-order valence-electron chi connectivity index (χ2n) is 7.66. The van der Waals surface area contributed by atoms with Crippen molar-refractivity contribution in [3.05, 3.63) is 59.8 Å². The van der Waals surface area contributed by atoms with Crippen molar-refractivity contribution < 1.29 is 9.84 Å². The van der Waals surface area contributed by atoms with E-state index in [1.165, 1.54) is 11.1 Å². The van der Waals surface area contributed by atoms with Crippen molar-refractivity contribution in [2.75, 3.05) is 18.8 Å². The number of aliphatic hydroxyl groups excluding tert-OH is 1. The summed E-state index contributed by atoms with van der Waals surface area (Å²) in [6.07, 6.45) is 4.80. The van der Waals surface area contributed by atoms with Gasteiger partial charge in [0.25, 0.3) is 0 Å². The molecule has 5 nitrogen and oxygen atoms in total. The Balaban J connectivity index is 1.40. The van der Waals surface area contributed by atoms with E-state index in [0.717, 1.165) is 38.9 Å². The number of nitrogens with two attached hydrogens (primary N) is 1. The molecule has 26 heavy (non-hydrogen) atoms. The van der Waals surface area contributed by atoms with Crippen LogP contribution in [0.1, 0.15) is 42.9 Å². The molecule has 2 aromatic rings. The van der Waals surface area contributed by atoms with E-state index in [0.29, 0.717) is 12.2 Å². The molecule has 138 valence electrons. The minimum Gasteiger partial charge on any atom is -0.393 e. The number of aromatic nitrogens is 1. The van der Waals surface area contributed by atoms with Gasteiger partial charge in [-0.25, -0.2) is 4.98 Å². The Morgan fingerprint density at radius 3 is 2.69 bits per heavy atom. The van der Waals surface area contributed by atoms with Crippen LogP contribution in [-0.4, -0.2) is 39.8 Å². The number of piperidine rings is 1. The Hall–Kier alpha value is -1.95. The molecule has 5 heteroatoms. The number of benzene rings is 1. The largest absolute Gasteiger partial charge is 0.393 e. The average molecular weight is 353 g/mol. The van der Waals surface area contributed by atoms with Gasteiger partial charge < -0.3 is 15.6 Å². The second kappa shape index (κ2) is 7.35. The molecule has 2 aliphatic heterocycles. The van der Waals surface area contributed by atoms with Crippen molar-refractivity contribution in [2.24, 2.45) is 0 Å². The topological polar surface area (TPSA) is 71.6 Å². The Morgan fingerprint density at radius 2 is 1.96 bits per heavy atom. The molecule has 1 aromatic carbocycles. The molecule has 1 aromatic heterocycles. The van der Waals surface area contributed by atoms with E-state index in [2.05, 4.69) is 22.0 Å². The van der Waals surface area contributed by atoms with Crippen LogP contribution in [0.3, 0.4) is 0 Å². The maximum Gasteiger partial charge on any atom is 0.123 e. The molecule has 3 N–H and O–H groups in total. The monoisotopic (exact) mass is 353 g/mol. The lowest BCUT2D eigenvalue weighted by Crippen LogP contribution is -2.50. The molecule has 4 rings (SSSR count). The van der Waals surface area contributed by atoms with Gasteiger partial charge in [0.1, 0.15) is 5.82 Å². The quantitative estimate of drug-likeness (QED) is 0.888. The van der Waals surface area contributed by atoms with Gasteiger partial charge in [0.05, 0.1) is 17.8 Å². The van der Waals surface area contributed by atoms with Crippen LogP contribution in [0.2, 0.25) is 0 Å². The zero-order chi connectivity index (χ0) is 18.0. The van der Waals surface area contributed by atoms with Crippen molar-refractivity contribution in [1.29, 1.82) is 0 Å². The molecule has 0 aliphatic carbocycles. The van der Waals surface area contributed by atoms with Gasteiger partial charge in [-0.2, -0.15) is 0 Å². The molecule has 2 fully saturated rings. The fourth-order valence-electron chi connectivity index (χ4n) is 4.32. The second-order valence-corrected chi connectivity index (χ2v) is 7.66. The average Bonchev–Trinajstić information content (AvgIpc) is 2.64. The lowest BCUT2D eigenvalue weighted by Gasteiger charge is -2.48. The molecular weight excluding hydrogens is 326 g/mol. The van der Waals surface area contributed by atoms with Crippen molar-refractivity contribution >= 4 is 5.82 Å². The molecule has 0 bridgehead atoms. The van der Waals surface area contributed by atoms with Gasteiger partial charge >= 0.3 is 0 Å². The van der Waals surface area contributed by atoms with Crippen LogP contribution in [0, 0.1) is 0 Å². The van der Waals surface area contributed by atoms with E-state index in [-0.39, 0.29) is 17.8 Å². The van der Waals surface area contributed by atoms with Crippen LogP contribution < -0.4 is 5.73 Å². The van der Waals surface area contributed by atoms with Crippen LogP contribution in [0.25, 0.3) is 0 Å². The molecule has 1 spiro atoms. The number of pyridine rings is 1. The van der Waals surface area contributed by atoms with Crippen LogP contribution in [0.4, 0.5) is 5.82 Å². The van der Waals surface area contributed by atoms with Crippen molar-refractivity contribution in [3.8, 4) is 0 Å². The lowest BCUT2D eigenvalue weighted by molar-refractivity contribution is -0.184. The van der Waals surface area contributed by atoms with E-state index >= 15 is 0 Å². The lowest BCUT2D eigenvalue weighted by atomic mass is 9.81. The van der Waals surface area contributed by atoms with E-state index in [1.54, 1.807) is 6.20 Å². The molecule has 0 saturated carbocycles. The summed E-state index contributed by atoms with van der Waals surface area (Å²) in [5, 5.41) is 10.5. The van der Waals surface area contributed by atoms with Gasteiger partial charge in [0.15, 0.2) is 0 Å². The first-order chi connectivity index (χ1) is 12.6. The number of aliphatic hydroxyl groups is 1. The molecule has 0 unspecified atom stereocenters. The number of rotatable bonds is 3. The summed E-state index contributed by atoms with van der Waals surface area (Å²) in [6.45, 7) is 2.82. The number of nitrogen functional groups attached to an aromatic ring is 1. The minimum atomic E-state index is -0.291. The molecule has 0 amide bonds. The molecule has 0 radical (unpaired) electrons.